The molecule has 0 aromatic heterocycles. The van der Waals surface area contributed by atoms with E-state index in [1.54, 1.807) is 19.2 Å². The molecule has 0 bridgehead atoms. The second kappa shape index (κ2) is 7.66. The van der Waals surface area contributed by atoms with E-state index < -0.39 is 0 Å². The second-order valence-electron chi connectivity index (χ2n) is 6.66. The van der Waals surface area contributed by atoms with Crippen molar-refractivity contribution in [3.63, 3.8) is 0 Å². The number of methoxy groups -OCH3 is 1. The number of para-hydroxylation sites is 1. The zero-order chi connectivity index (χ0) is 19.6. The summed E-state index contributed by atoms with van der Waals surface area (Å²) in [6, 6.07) is 13.2. The smallest absolute Gasteiger partial charge is 0.278 e. The number of rotatable bonds is 6. The fourth-order valence-corrected chi connectivity index (χ4v) is 3.22. The monoisotopic (exact) mass is 364 g/mol. The number of hydrogen-bond donors (Lipinski definition) is 1. The van der Waals surface area contributed by atoms with Crippen molar-refractivity contribution < 1.29 is 14.3 Å². The van der Waals surface area contributed by atoms with Gasteiger partial charge in [0.1, 0.15) is 11.4 Å². The van der Waals surface area contributed by atoms with Gasteiger partial charge in [-0.05, 0) is 43.5 Å². The molecule has 0 spiro atoms. The van der Waals surface area contributed by atoms with Gasteiger partial charge in [-0.3, -0.25) is 14.5 Å². The van der Waals surface area contributed by atoms with E-state index in [2.05, 4.69) is 5.32 Å². The summed E-state index contributed by atoms with van der Waals surface area (Å²) in [7, 11) is 1.56. The Hall–Kier alpha value is -3.08. The molecule has 1 aliphatic rings. The molecule has 0 fully saturated rings. The van der Waals surface area contributed by atoms with E-state index in [0.29, 0.717) is 35.5 Å². The lowest BCUT2D eigenvalue weighted by Crippen LogP contribution is -2.33. The molecule has 0 saturated carbocycles. The van der Waals surface area contributed by atoms with Gasteiger partial charge in [-0.15, -0.1) is 0 Å². The third-order valence-corrected chi connectivity index (χ3v) is 4.64. The average molecular weight is 364 g/mol. The number of aryl methyl sites for hydroxylation is 2. The highest BCUT2D eigenvalue weighted by atomic mass is 16.5. The highest BCUT2D eigenvalue weighted by Gasteiger charge is 2.39. The summed E-state index contributed by atoms with van der Waals surface area (Å²) in [6.45, 7) is 6.29. The minimum Gasteiger partial charge on any atom is -0.496 e. The third-order valence-electron chi connectivity index (χ3n) is 4.64. The minimum atomic E-state index is -0.302. The second-order valence-corrected chi connectivity index (χ2v) is 6.66. The predicted octanol–water partition coefficient (Wildman–Crippen LogP) is 3.91. The van der Waals surface area contributed by atoms with Crippen molar-refractivity contribution in [2.45, 2.75) is 27.2 Å². The molecule has 5 heteroatoms. The molecular weight excluding hydrogens is 340 g/mol. The number of carbonyl (C=O) groups excluding carboxylic acids is 2. The molecule has 1 aliphatic heterocycles. The maximum absolute atomic E-state index is 13.1. The highest BCUT2D eigenvalue weighted by molar-refractivity contribution is 6.37. The molecule has 140 valence electrons. The van der Waals surface area contributed by atoms with Gasteiger partial charge in [0.25, 0.3) is 11.8 Å². The van der Waals surface area contributed by atoms with Gasteiger partial charge >= 0.3 is 0 Å². The number of amides is 2. The van der Waals surface area contributed by atoms with Crippen LogP contribution < -0.4 is 10.1 Å². The summed E-state index contributed by atoms with van der Waals surface area (Å²) in [5.74, 6) is -0.0323. The number of carbonyl (C=O) groups is 2. The van der Waals surface area contributed by atoms with Crippen molar-refractivity contribution >= 4 is 23.1 Å². The number of benzene rings is 2. The van der Waals surface area contributed by atoms with E-state index in [1.807, 2.05) is 51.1 Å². The first-order valence-electron chi connectivity index (χ1n) is 9.06. The summed E-state index contributed by atoms with van der Waals surface area (Å²) in [6.07, 6.45) is 0.702. The number of nitrogens with one attached hydrogen (secondary N) is 1. The van der Waals surface area contributed by atoms with Crippen molar-refractivity contribution in [2.24, 2.45) is 0 Å². The molecule has 27 heavy (non-hydrogen) atoms. The number of ether oxygens (including phenoxy) is 1. The minimum absolute atomic E-state index is 0.292. The number of nitrogens with zero attached hydrogens (tertiary/aromatic N) is 1. The van der Waals surface area contributed by atoms with Crippen LogP contribution in [0.4, 0.5) is 5.69 Å². The lowest BCUT2D eigenvalue weighted by molar-refractivity contribution is -0.136. The summed E-state index contributed by atoms with van der Waals surface area (Å²) in [5, 5.41) is 3.23. The fraction of sp³-hybridized carbons (Fsp3) is 0.273. The third kappa shape index (κ3) is 3.45. The van der Waals surface area contributed by atoms with Gasteiger partial charge in [0.2, 0.25) is 0 Å². The average Bonchev–Trinajstić information content (AvgIpc) is 2.89. The van der Waals surface area contributed by atoms with Crippen molar-refractivity contribution in [3.8, 4) is 5.75 Å². The first kappa shape index (κ1) is 18.7. The van der Waals surface area contributed by atoms with Crippen LogP contribution in [-0.2, 0) is 9.59 Å². The standard InChI is InChI=1S/C22H24N2O3/c1-5-12-24-21(25)19(16-8-6-7-9-18(16)27-4)20(22(24)26)23-17-13-14(2)10-11-15(17)3/h6-11,13,23H,5,12H2,1-4H3. The van der Waals surface area contributed by atoms with E-state index in [0.717, 1.165) is 16.8 Å². The molecule has 0 radical (unpaired) electrons. The van der Waals surface area contributed by atoms with Gasteiger partial charge in [0, 0.05) is 17.8 Å². The molecule has 2 aromatic carbocycles. The van der Waals surface area contributed by atoms with Crippen molar-refractivity contribution in [1.82, 2.24) is 4.90 Å². The Kier molecular flexibility index (Phi) is 5.31. The Morgan fingerprint density at radius 3 is 2.48 bits per heavy atom. The van der Waals surface area contributed by atoms with Gasteiger partial charge in [0.05, 0.1) is 12.7 Å². The quantitative estimate of drug-likeness (QED) is 0.790. The first-order valence-corrected chi connectivity index (χ1v) is 9.06. The maximum atomic E-state index is 13.1. The van der Waals surface area contributed by atoms with Gasteiger partial charge in [-0.1, -0.05) is 37.3 Å². The Labute approximate surface area is 159 Å². The molecule has 0 atom stereocenters. The van der Waals surface area contributed by atoms with Crippen LogP contribution in [0.1, 0.15) is 30.0 Å². The molecule has 0 aliphatic carbocycles. The van der Waals surface area contributed by atoms with E-state index >= 15 is 0 Å². The Bertz CT molecular complexity index is 931. The summed E-state index contributed by atoms with van der Waals surface area (Å²) in [4.78, 5) is 27.4. The molecular formula is C22H24N2O3. The zero-order valence-electron chi connectivity index (χ0n) is 16.1. The molecule has 1 N–H and O–H groups in total. The Morgan fingerprint density at radius 1 is 1.04 bits per heavy atom. The van der Waals surface area contributed by atoms with Crippen LogP contribution in [0.3, 0.4) is 0 Å². The largest absolute Gasteiger partial charge is 0.496 e. The van der Waals surface area contributed by atoms with Crippen LogP contribution in [-0.4, -0.2) is 30.4 Å². The molecule has 2 amide bonds. The Morgan fingerprint density at radius 2 is 1.78 bits per heavy atom. The van der Waals surface area contributed by atoms with E-state index in [4.69, 9.17) is 4.74 Å². The van der Waals surface area contributed by atoms with Crippen LogP contribution in [0.15, 0.2) is 48.2 Å². The maximum Gasteiger partial charge on any atom is 0.278 e. The number of hydrogen-bond acceptors (Lipinski definition) is 4. The van der Waals surface area contributed by atoms with Crippen molar-refractivity contribution in [1.29, 1.82) is 0 Å². The normalized spacial score (nSPS) is 14.1. The lowest BCUT2D eigenvalue weighted by Gasteiger charge is -2.14. The molecule has 0 unspecified atom stereocenters. The molecule has 3 rings (SSSR count). The summed E-state index contributed by atoms with van der Waals surface area (Å²) >= 11 is 0. The van der Waals surface area contributed by atoms with Gasteiger partial charge < -0.3 is 10.1 Å². The first-order chi connectivity index (χ1) is 13.0. The van der Waals surface area contributed by atoms with Crippen LogP contribution in [0.2, 0.25) is 0 Å². The van der Waals surface area contributed by atoms with Crippen LogP contribution in [0.5, 0.6) is 5.75 Å². The topological polar surface area (TPSA) is 58.6 Å². The lowest BCUT2D eigenvalue weighted by atomic mass is 10.0. The van der Waals surface area contributed by atoms with Crippen molar-refractivity contribution in [2.75, 3.05) is 19.0 Å². The number of anilines is 1. The van der Waals surface area contributed by atoms with Crippen LogP contribution in [0.25, 0.3) is 5.57 Å². The van der Waals surface area contributed by atoms with Crippen molar-refractivity contribution in [3.05, 3.63) is 64.9 Å². The molecule has 1 heterocycles. The SMILES string of the molecule is CCCN1C(=O)C(Nc2cc(C)ccc2C)=C(c2ccccc2OC)C1=O. The number of imide groups is 1. The van der Waals surface area contributed by atoms with E-state index in [1.165, 1.54) is 4.90 Å². The molecule has 0 saturated heterocycles. The fourth-order valence-electron chi connectivity index (χ4n) is 3.22. The zero-order valence-corrected chi connectivity index (χ0v) is 16.1. The summed E-state index contributed by atoms with van der Waals surface area (Å²) in [5.41, 5.74) is 4.16. The molecule has 2 aromatic rings. The van der Waals surface area contributed by atoms with Gasteiger partial charge in [0.15, 0.2) is 0 Å². The van der Waals surface area contributed by atoms with Crippen LogP contribution >= 0.6 is 0 Å². The Balaban J connectivity index is 2.16. The van der Waals surface area contributed by atoms with Gasteiger partial charge in [-0.25, -0.2) is 0 Å². The molecule has 5 nitrogen and oxygen atoms in total. The van der Waals surface area contributed by atoms with Crippen LogP contribution in [0, 0.1) is 13.8 Å². The van der Waals surface area contributed by atoms with Gasteiger partial charge in [-0.2, -0.15) is 0 Å². The predicted molar refractivity (Wildman–Crippen MR) is 106 cm³/mol. The summed E-state index contributed by atoms with van der Waals surface area (Å²) < 4.78 is 5.43. The van der Waals surface area contributed by atoms with E-state index in [9.17, 15) is 9.59 Å². The highest BCUT2D eigenvalue weighted by Crippen LogP contribution is 2.35. The van der Waals surface area contributed by atoms with E-state index in [-0.39, 0.29) is 11.8 Å².